The van der Waals surface area contributed by atoms with Crippen LogP contribution in [0.2, 0.25) is 5.02 Å². The van der Waals surface area contributed by atoms with Crippen LogP contribution in [0.1, 0.15) is 5.56 Å². The summed E-state index contributed by atoms with van der Waals surface area (Å²) < 4.78 is 18.8. The van der Waals surface area contributed by atoms with Crippen LogP contribution < -0.4 is 10.1 Å². The summed E-state index contributed by atoms with van der Waals surface area (Å²) in [7, 11) is 0. The summed E-state index contributed by atoms with van der Waals surface area (Å²) in [6, 6.07) is 7.75. The van der Waals surface area contributed by atoms with E-state index in [-0.39, 0.29) is 18.0 Å². The molecule has 2 aromatic carbocycles. The van der Waals surface area contributed by atoms with Gasteiger partial charge < -0.3 is 10.1 Å². The standard InChI is InChI=1S/C15H12ClFN2O4/c1-9-6-11(3-4-12(9)16)23-8-15(20)18-14-7-10(19(21)22)2-5-13(14)17/h2-7H,8H2,1H3,(H,18,20). The van der Waals surface area contributed by atoms with E-state index in [2.05, 4.69) is 5.32 Å². The quantitative estimate of drug-likeness (QED) is 0.665. The number of anilines is 1. The number of hydrogen-bond donors (Lipinski definition) is 1. The van der Waals surface area contributed by atoms with Gasteiger partial charge in [0.1, 0.15) is 11.6 Å². The predicted octanol–water partition coefficient (Wildman–Crippen LogP) is 3.71. The number of carbonyl (C=O) groups is 1. The number of hydrogen-bond acceptors (Lipinski definition) is 4. The molecule has 1 amide bonds. The van der Waals surface area contributed by atoms with Crippen molar-refractivity contribution in [2.45, 2.75) is 6.92 Å². The second kappa shape index (κ2) is 7.06. The number of nitro groups is 1. The molecule has 0 fully saturated rings. The van der Waals surface area contributed by atoms with E-state index in [9.17, 15) is 19.3 Å². The molecule has 0 bridgehead atoms. The molecule has 0 heterocycles. The summed E-state index contributed by atoms with van der Waals surface area (Å²) in [5.74, 6) is -0.982. The number of aryl methyl sites for hydroxylation is 1. The lowest BCUT2D eigenvalue weighted by molar-refractivity contribution is -0.384. The molecule has 1 N–H and O–H groups in total. The molecule has 120 valence electrons. The molecule has 0 radical (unpaired) electrons. The lowest BCUT2D eigenvalue weighted by Crippen LogP contribution is -2.20. The third-order valence-corrected chi connectivity index (χ3v) is 3.36. The first-order valence-electron chi connectivity index (χ1n) is 6.49. The van der Waals surface area contributed by atoms with Gasteiger partial charge in [0.2, 0.25) is 0 Å². The minimum atomic E-state index is -0.772. The lowest BCUT2D eigenvalue weighted by Gasteiger charge is -2.09. The number of nitrogens with one attached hydrogen (secondary N) is 1. The molecular formula is C15H12ClFN2O4. The van der Waals surface area contributed by atoms with Gasteiger partial charge in [-0.15, -0.1) is 0 Å². The van der Waals surface area contributed by atoms with E-state index in [4.69, 9.17) is 16.3 Å². The SMILES string of the molecule is Cc1cc(OCC(=O)Nc2cc([N+](=O)[O-])ccc2F)ccc1Cl. The van der Waals surface area contributed by atoms with Crippen molar-refractivity contribution in [3.63, 3.8) is 0 Å². The topological polar surface area (TPSA) is 81.5 Å². The third kappa shape index (κ3) is 4.40. The van der Waals surface area contributed by atoms with Gasteiger partial charge in [-0.1, -0.05) is 11.6 Å². The Bertz CT molecular complexity index is 767. The molecule has 23 heavy (non-hydrogen) atoms. The first kappa shape index (κ1) is 16.7. The van der Waals surface area contributed by atoms with Gasteiger partial charge in [0.25, 0.3) is 11.6 Å². The molecule has 0 aliphatic rings. The van der Waals surface area contributed by atoms with Crippen LogP contribution in [-0.4, -0.2) is 17.4 Å². The molecule has 0 unspecified atom stereocenters. The Morgan fingerprint density at radius 3 is 2.74 bits per heavy atom. The molecular weight excluding hydrogens is 327 g/mol. The van der Waals surface area contributed by atoms with Gasteiger partial charge in [0, 0.05) is 17.2 Å². The van der Waals surface area contributed by atoms with Crippen LogP contribution in [0.3, 0.4) is 0 Å². The van der Waals surface area contributed by atoms with E-state index in [1.807, 2.05) is 0 Å². The van der Waals surface area contributed by atoms with Crippen LogP contribution in [0.4, 0.5) is 15.8 Å². The third-order valence-electron chi connectivity index (χ3n) is 2.93. The van der Waals surface area contributed by atoms with E-state index in [0.717, 1.165) is 23.8 Å². The minimum Gasteiger partial charge on any atom is -0.484 e. The van der Waals surface area contributed by atoms with Gasteiger partial charge in [-0.2, -0.15) is 0 Å². The zero-order chi connectivity index (χ0) is 17.0. The van der Waals surface area contributed by atoms with E-state index >= 15 is 0 Å². The molecule has 2 aromatic rings. The number of non-ortho nitro benzene ring substituents is 1. The van der Waals surface area contributed by atoms with E-state index < -0.39 is 16.6 Å². The summed E-state index contributed by atoms with van der Waals surface area (Å²) in [5.41, 5.74) is 0.185. The number of halogens is 2. The summed E-state index contributed by atoms with van der Waals surface area (Å²) >= 11 is 5.88. The molecule has 0 spiro atoms. The van der Waals surface area contributed by atoms with Crippen LogP contribution in [0.15, 0.2) is 36.4 Å². The first-order valence-corrected chi connectivity index (χ1v) is 6.87. The van der Waals surface area contributed by atoms with Gasteiger partial charge in [0.05, 0.1) is 10.6 Å². The van der Waals surface area contributed by atoms with Crippen molar-refractivity contribution in [2.24, 2.45) is 0 Å². The normalized spacial score (nSPS) is 10.2. The molecule has 2 rings (SSSR count). The van der Waals surface area contributed by atoms with E-state index in [1.54, 1.807) is 25.1 Å². The van der Waals surface area contributed by atoms with Crippen molar-refractivity contribution >= 4 is 28.9 Å². The van der Waals surface area contributed by atoms with Gasteiger partial charge >= 0.3 is 0 Å². The number of carbonyl (C=O) groups excluding carboxylic acids is 1. The zero-order valence-electron chi connectivity index (χ0n) is 12.0. The molecule has 8 heteroatoms. The maximum Gasteiger partial charge on any atom is 0.271 e. The fraction of sp³-hybridized carbons (Fsp3) is 0.133. The van der Waals surface area contributed by atoms with Crippen LogP contribution in [0.25, 0.3) is 0 Å². The minimum absolute atomic E-state index is 0.278. The largest absolute Gasteiger partial charge is 0.484 e. The Labute approximate surface area is 136 Å². The van der Waals surface area contributed by atoms with Crippen molar-refractivity contribution in [2.75, 3.05) is 11.9 Å². The molecule has 0 saturated heterocycles. The number of ether oxygens (including phenoxy) is 1. The average Bonchev–Trinajstić information content (AvgIpc) is 2.50. The monoisotopic (exact) mass is 338 g/mol. The fourth-order valence-corrected chi connectivity index (χ4v) is 1.88. The Hall–Kier alpha value is -2.67. The Morgan fingerprint density at radius 1 is 1.35 bits per heavy atom. The van der Waals surface area contributed by atoms with Crippen molar-refractivity contribution < 1.29 is 18.8 Å². The van der Waals surface area contributed by atoms with Crippen LogP contribution >= 0.6 is 11.6 Å². The number of rotatable bonds is 5. The molecule has 6 nitrogen and oxygen atoms in total. The fourth-order valence-electron chi connectivity index (χ4n) is 1.76. The van der Waals surface area contributed by atoms with Crippen molar-refractivity contribution in [1.82, 2.24) is 0 Å². The number of benzene rings is 2. The van der Waals surface area contributed by atoms with Crippen molar-refractivity contribution in [3.8, 4) is 5.75 Å². The summed E-state index contributed by atoms with van der Waals surface area (Å²) in [4.78, 5) is 21.7. The highest BCUT2D eigenvalue weighted by Crippen LogP contribution is 2.22. The molecule has 0 aliphatic heterocycles. The second-order valence-electron chi connectivity index (χ2n) is 4.67. The van der Waals surface area contributed by atoms with Crippen LogP contribution in [-0.2, 0) is 4.79 Å². The first-order chi connectivity index (χ1) is 10.9. The number of amides is 1. The number of nitrogens with zero attached hydrogens (tertiary/aromatic N) is 1. The van der Waals surface area contributed by atoms with Crippen molar-refractivity contribution in [3.05, 3.63) is 62.9 Å². The number of nitro benzene ring substituents is 1. The highest BCUT2D eigenvalue weighted by atomic mass is 35.5. The average molecular weight is 339 g/mol. The Kier molecular flexibility index (Phi) is 5.13. The summed E-state index contributed by atoms with van der Waals surface area (Å²) in [6.45, 7) is 1.41. The zero-order valence-corrected chi connectivity index (χ0v) is 12.8. The lowest BCUT2D eigenvalue weighted by atomic mass is 10.2. The highest BCUT2D eigenvalue weighted by molar-refractivity contribution is 6.31. The van der Waals surface area contributed by atoms with Crippen molar-refractivity contribution in [1.29, 1.82) is 0 Å². The molecule has 0 atom stereocenters. The van der Waals surface area contributed by atoms with Crippen LogP contribution in [0.5, 0.6) is 5.75 Å². The maximum absolute atomic E-state index is 13.6. The maximum atomic E-state index is 13.6. The van der Waals surface area contributed by atoms with Crippen LogP contribution in [0, 0.1) is 22.9 Å². The Morgan fingerprint density at radius 2 is 2.09 bits per heavy atom. The molecule has 0 saturated carbocycles. The van der Waals surface area contributed by atoms with Gasteiger partial charge in [-0.25, -0.2) is 4.39 Å². The van der Waals surface area contributed by atoms with E-state index in [1.165, 1.54) is 0 Å². The second-order valence-corrected chi connectivity index (χ2v) is 5.08. The predicted molar refractivity (Wildman–Crippen MR) is 83.4 cm³/mol. The highest BCUT2D eigenvalue weighted by Gasteiger charge is 2.13. The van der Waals surface area contributed by atoms with Gasteiger partial charge in [-0.05, 0) is 36.8 Å². The summed E-state index contributed by atoms with van der Waals surface area (Å²) in [5, 5.41) is 13.5. The van der Waals surface area contributed by atoms with Gasteiger partial charge in [-0.3, -0.25) is 14.9 Å². The molecule has 0 aromatic heterocycles. The molecule has 0 aliphatic carbocycles. The smallest absolute Gasteiger partial charge is 0.271 e. The van der Waals surface area contributed by atoms with E-state index in [0.29, 0.717) is 10.8 Å². The summed E-state index contributed by atoms with van der Waals surface area (Å²) in [6.07, 6.45) is 0. The Balaban J connectivity index is 2.00. The van der Waals surface area contributed by atoms with Gasteiger partial charge in [0.15, 0.2) is 6.61 Å².